The molecule has 1 N–H and O–H groups in total. The lowest BCUT2D eigenvalue weighted by atomic mass is 10.0. The number of nitrogens with one attached hydrogen (secondary N) is 1. The molecule has 2 aromatic rings. The fourth-order valence-electron chi connectivity index (χ4n) is 4.61. The van der Waals surface area contributed by atoms with Gasteiger partial charge in [0.15, 0.2) is 0 Å². The molecule has 10 heteroatoms. The summed E-state index contributed by atoms with van der Waals surface area (Å²) < 4.78 is 33.3. The molecule has 0 amide bonds. The molecular formula is C24H32N4O5S. The van der Waals surface area contributed by atoms with Crippen molar-refractivity contribution in [2.45, 2.75) is 30.7 Å². The zero-order valence-electron chi connectivity index (χ0n) is 19.4. The number of piperidine rings is 1. The van der Waals surface area contributed by atoms with E-state index in [9.17, 15) is 18.5 Å². The number of rotatable bonds is 8. The molecule has 0 radical (unpaired) electrons. The summed E-state index contributed by atoms with van der Waals surface area (Å²) >= 11 is 0. The summed E-state index contributed by atoms with van der Waals surface area (Å²) in [5, 5.41) is 15.3. The number of nitrogens with zero attached hydrogens (tertiary/aromatic N) is 3. The summed E-state index contributed by atoms with van der Waals surface area (Å²) in [6.07, 6.45) is 1.78. The second-order valence-electron chi connectivity index (χ2n) is 9.07. The average molecular weight is 489 g/mol. The van der Waals surface area contributed by atoms with Crippen molar-refractivity contribution in [1.29, 1.82) is 0 Å². The van der Waals surface area contributed by atoms with Crippen molar-refractivity contribution in [3.8, 4) is 0 Å². The first-order chi connectivity index (χ1) is 16.3. The molecule has 0 spiro atoms. The number of sulfonamides is 1. The molecule has 2 atom stereocenters. The topological polar surface area (TPSA) is 105 Å². The Hall–Kier alpha value is -2.53. The molecular weight excluding hydrogens is 456 g/mol. The zero-order chi connectivity index (χ0) is 24.1. The molecule has 2 heterocycles. The molecule has 0 aromatic heterocycles. The van der Waals surface area contributed by atoms with Crippen molar-refractivity contribution in [2.24, 2.45) is 5.92 Å². The van der Waals surface area contributed by atoms with Gasteiger partial charge in [0.05, 0.1) is 29.1 Å². The molecule has 2 aromatic carbocycles. The van der Waals surface area contributed by atoms with Gasteiger partial charge in [-0.2, -0.15) is 4.31 Å². The first-order valence-corrected chi connectivity index (χ1v) is 13.2. The van der Waals surface area contributed by atoms with Gasteiger partial charge in [0.2, 0.25) is 10.0 Å². The molecule has 2 aliphatic heterocycles. The molecule has 2 fully saturated rings. The minimum Gasteiger partial charge on any atom is -0.379 e. The van der Waals surface area contributed by atoms with Crippen molar-refractivity contribution in [3.63, 3.8) is 0 Å². The maximum absolute atomic E-state index is 13.2. The molecule has 9 nitrogen and oxygen atoms in total. The molecule has 4 rings (SSSR count). The van der Waals surface area contributed by atoms with E-state index in [1.54, 1.807) is 0 Å². The number of nitro benzene ring substituents is 1. The number of hydrogen-bond acceptors (Lipinski definition) is 7. The summed E-state index contributed by atoms with van der Waals surface area (Å²) in [7, 11) is -3.79. The number of nitro groups is 1. The van der Waals surface area contributed by atoms with Crippen molar-refractivity contribution in [3.05, 3.63) is 64.2 Å². The lowest BCUT2D eigenvalue weighted by Gasteiger charge is -2.31. The molecule has 0 saturated carbocycles. The van der Waals surface area contributed by atoms with Gasteiger partial charge in [-0.05, 0) is 36.5 Å². The molecule has 34 heavy (non-hydrogen) atoms. The standard InChI is InChI=1S/C24H32N4O5S/c1-19-6-5-11-27(17-19)34(31,32)21-9-10-22(24(16-21)28(29)30)25-23(20-7-3-2-4-8-20)18-26-12-14-33-15-13-26/h2-4,7-10,16,19,23,25H,5-6,11-15,17-18H2,1H3/t19-,23-/m0/s1. The van der Waals surface area contributed by atoms with Crippen molar-refractivity contribution >= 4 is 21.4 Å². The van der Waals surface area contributed by atoms with Crippen LogP contribution in [0.4, 0.5) is 11.4 Å². The third-order valence-corrected chi connectivity index (χ3v) is 8.36. The quantitative estimate of drug-likeness (QED) is 0.448. The fraction of sp³-hybridized carbons (Fsp3) is 0.500. The first kappa shape index (κ1) is 24.6. The minimum absolute atomic E-state index is 0.0386. The fourth-order valence-corrected chi connectivity index (χ4v) is 6.23. The van der Waals surface area contributed by atoms with Gasteiger partial charge in [-0.3, -0.25) is 15.0 Å². The Bertz CT molecular complexity index is 1090. The molecule has 184 valence electrons. The predicted octanol–water partition coefficient (Wildman–Crippen LogP) is 3.50. The van der Waals surface area contributed by atoms with Crippen molar-refractivity contribution < 1.29 is 18.1 Å². The Morgan fingerprint density at radius 3 is 2.56 bits per heavy atom. The normalized spacial score (nSPS) is 21.1. The first-order valence-electron chi connectivity index (χ1n) is 11.7. The second kappa shape index (κ2) is 10.8. The lowest BCUT2D eigenvalue weighted by Crippen LogP contribution is -2.40. The maximum atomic E-state index is 13.2. The number of morpholine rings is 1. The SMILES string of the molecule is C[C@H]1CCCN(S(=O)(=O)c2ccc(N[C@@H](CN3CCOCC3)c3ccccc3)c([N+](=O)[O-])c2)C1. The van der Waals surface area contributed by atoms with Gasteiger partial charge in [0.25, 0.3) is 5.69 Å². The van der Waals surface area contributed by atoms with Gasteiger partial charge in [0, 0.05) is 38.8 Å². The van der Waals surface area contributed by atoms with Gasteiger partial charge in [-0.1, -0.05) is 37.3 Å². The summed E-state index contributed by atoms with van der Waals surface area (Å²) in [5.74, 6) is 0.270. The Morgan fingerprint density at radius 1 is 1.15 bits per heavy atom. The van der Waals surface area contributed by atoms with E-state index in [0.717, 1.165) is 31.5 Å². The summed E-state index contributed by atoms with van der Waals surface area (Å²) in [6.45, 7) is 6.44. The van der Waals surface area contributed by atoms with Crippen LogP contribution in [0.5, 0.6) is 0 Å². The van der Waals surface area contributed by atoms with E-state index in [1.807, 2.05) is 37.3 Å². The number of benzene rings is 2. The highest BCUT2D eigenvalue weighted by Crippen LogP contribution is 2.33. The van der Waals surface area contributed by atoms with Crippen LogP contribution in [0, 0.1) is 16.0 Å². The van der Waals surface area contributed by atoms with Gasteiger partial charge in [-0.25, -0.2) is 8.42 Å². The van der Waals surface area contributed by atoms with E-state index in [1.165, 1.54) is 22.5 Å². The molecule has 2 saturated heterocycles. The van der Waals surface area contributed by atoms with Crippen LogP contribution >= 0.6 is 0 Å². The molecule has 2 aliphatic rings. The van der Waals surface area contributed by atoms with Crippen LogP contribution in [0.1, 0.15) is 31.4 Å². The smallest absolute Gasteiger partial charge is 0.293 e. The highest BCUT2D eigenvalue weighted by Gasteiger charge is 2.31. The Kier molecular flexibility index (Phi) is 7.82. The number of hydrogen-bond donors (Lipinski definition) is 1. The molecule has 0 aliphatic carbocycles. The highest BCUT2D eigenvalue weighted by atomic mass is 32.2. The van der Waals surface area contributed by atoms with Crippen LogP contribution in [0.25, 0.3) is 0 Å². The molecule has 0 bridgehead atoms. The second-order valence-corrected chi connectivity index (χ2v) is 11.0. The van der Waals surface area contributed by atoms with Gasteiger partial charge in [-0.15, -0.1) is 0 Å². The monoisotopic (exact) mass is 488 g/mol. The van der Waals surface area contributed by atoms with Gasteiger partial charge >= 0.3 is 0 Å². The van der Waals surface area contributed by atoms with Crippen LogP contribution in [0.3, 0.4) is 0 Å². The van der Waals surface area contributed by atoms with E-state index in [0.29, 0.717) is 38.5 Å². The molecule has 0 unspecified atom stereocenters. The third kappa shape index (κ3) is 5.75. The number of anilines is 1. The van der Waals surface area contributed by atoms with Crippen LogP contribution in [0.15, 0.2) is 53.4 Å². The van der Waals surface area contributed by atoms with Crippen LogP contribution in [-0.4, -0.2) is 68.5 Å². The van der Waals surface area contributed by atoms with Crippen LogP contribution < -0.4 is 5.32 Å². The van der Waals surface area contributed by atoms with E-state index >= 15 is 0 Å². The maximum Gasteiger partial charge on any atom is 0.293 e. The average Bonchev–Trinajstić information content (AvgIpc) is 2.85. The summed E-state index contributed by atoms with van der Waals surface area (Å²) in [6, 6.07) is 13.8. The number of ether oxygens (including phenoxy) is 1. The Balaban J connectivity index is 1.62. The Labute approximate surface area is 200 Å². The summed E-state index contributed by atoms with van der Waals surface area (Å²) in [4.78, 5) is 13.7. The van der Waals surface area contributed by atoms with Crippen molar-refractivity contribution in [2.75, 3.05) is 51.3 Å². The van der Waals surface area contributed by atoms with Crippen LogP contribution in [-0.2, 0) is 14.8 Å². The zero-order valence-corrected chi connectivity index (χ0v) is 20.2. The van der Waals surface area contributed by atoms with E-state index in [-0.39, 0.29) is 22.5 Å². The predicted molar refractivity (Wildman–Crippen MR) is 130 cm³/mol. The minimum atomic E-state index is -3.79. The van der Waals surface area contributed by atoms with Gasteiger partial charge < -0.3 is 10.1 Å². The third-order valence-electron chi connectivity index (χ3n) is 6.50. The van der Waals surface area contributed by atoms with E-state index < -0.39 is 14.9 Å². The Morgan fingerprint density at radius 2 is 1.88 bits per heavy atom. The summed E-state index contributed by atoms with van der Waals surface area (Å²) in [5.41, 5.74) is 1.06. The largest absolute Gasteiger partial charge is 0.379 e. The van der Waals surface area contributed by atoms with E-state index in [4.69, 9.17) is 4.74 Å². The van der Waals surface area contributed by atoms with Crippen molar-refractivity contribution in [1.82, 2.24) is 9.21 Å². The van der Waals surface area contributed by atoms with Gasteiger partial charge in [0.1, 0.15) is 5.69 Å². The van der Waals surface area contributed by atoms with E-state index in [2.05, 4.69) is 10.2 Å². The highest BCUT2D eigenvalue weighted by molar-refractivity contribution is 7.89. The van der Waals surface area contributed by atoms with Crippen LogP contribution in [0.2, 0.25) is 0 Å². The lowest BCUT2D eigenvalue weighted by molar-refractivity contribution is -0.384.